The van der Waals surface area contributed by atoms with Gasteiger partial charge in [-0.25, -0.2) is 0 Å². The molecule has 1 fully saturated rings. The Kier molecular flexibility index (Phi) is 6.04. The Morgan fingerprint density at radius 3 is 2.34 bits per heavy atom. The fourth-order valence-electron chi connectivity index (χ4n) is 4.56. The highest BCUT2D eigenvalue weighted by molar-refractivity contribution is 5.78. The zero-order valence-corrected chi connectivity index (χ0v) is 18.2. The van der Waals surface area contributed by atoms with Crippen molar-refractivity contribution in [3.63, 3.8) is 0 Å². The van der Waals surface area contributed by atoms with E-state index in [0.29, 0.717) is 12.5 Å². The molecule has 1 aromatic heterocycles. The van der Waals surface area contributed by atoms with Crippen LogP contribution in [0.3, 0.4) is 0 Å². The van der Waals surface area contributed by atoms with Gasteiger partial charge >= 0.3 is 0 Å². The average Bonchev–Trinajstić information content (AvgIpc) is 2.84. The SMILES string of the molecule is O=c1[nH]c2ccccc2cc1C1CCN(Cc2ccc(OCc3ccccc3)cc2)CC1. The van der Waals surface area contributed by atoms with Crippen molar-refractivity contribution in [1.82, 2.24) is 9.88 Å². The quantitative estimate of drug-likeness (QED) is 0.445. The molecule has 162 valence electrons. The average molecular weight is 425 g/mol. The number of aromatic amines is 1. The Bertz CT molecular complexity index is 1220. The molecule has 1 aliphatic rings. The third-order valence-electron chi connectivity index (χ3n) is 6.39. The third kappa shape index (κ3) is 4.76. The maximum absolute atomic E-state index is 12.6. The summed E-state index contributed by atoms with van der Waals surface area (Å²) in [6.07, 6.45) is 2.03. The Hall–Kier alpha value is -3.37. The third-order valence-corrected chi connectivity index (χ3v) is 6.39. The molecule has 0 saturated carbocycles. The minimum Gasteiger partial charge on any atom is -0.489 e. The summed E-state index contributed by atoms with van der Waals surface area (Å²) in [5, 5.41) is 1.11. The number of ether oxygens (including phenoxy) is 1. The van der Waals surface area contributed by atoms with Crippen LogP contribution < -0.4 is 10.3 Å². The van der Waals surface area contributed by atoms with E-state index in [4.69, 9.17) is 4.74 Å². The second-order valence-electron chi connectivity index (χ2n) is 8.61. The number of fused-ring (bicyclic) bond motifs is 1. The van der Waals surface area contributed by atoms with Crippen LogP contribution in [-0.4, -0.2) is 23.0 Å². The molecule has 3 aromatic carbocycles. The van der Waals surface area contributed by atoms with Crippen LogP contribution in [0.1, 0.15) is 35.4 Å². The van der Waals surface area contributed by atoms with E-state index in [0.717, 1.165) is 54.7 Å². The first-order valence-electron chi connectivity index (χ1n) is 11.3. The number of piperidine rings is 1. The molecular formula is C28H28N2O2. The van der Waals surface area contributed by atoms with Gasteiger partial charge in [-0.3, -0.25) is 9.69 Å². The molecule has 2 heterocycles. The summed E-state index contributed by atoms with van der Waals surface area (Å²) in [5.74, 6) is 1.22. The van der Waals surface area contributed by atoms with Crippen LogP contribution in [0.5, 0.6) is 5.75 Å². The molecule has 0 atom stereocenters. The molecule has 1 N–H and O–H groups in total. The van der Waals surface area contributed by atoms with Crippen LogP contribution >= 0.6 is 0 Å². The van der Waals surface area contributed by atoms with E-state index in [9.17, 15) is 4.79 Å². The Balaban J connectivity index is 1.16. The summed E-state index contributed by atoms with van der Waals surface area (Å²) < 4.78 is 5.90. The molecule has 5 rings (SSSR count). The molecule has 4 heteroatoms. The van der Waals surface area contributed by atoms with Crippen LogP contribution in [0.2, 0.25) is 0 Å². The fourth-order valence-corrected chi connectivity index (χ4v) is 4.56. The van der Waals surface area contributed by atoms with Crippen molar-refractivity contribution in [3.05, 3.63) is 112 Å². The minimum absolute atomic E-state index is 0.0632. The highest BCUT2D eigenvalue weighted by Crippen LogP contribution is 2.28. The van der Waals surface area contributed by atoms with Gasteiger partial charge < -0.3 is 9.72 Å². The number of H-pyrrole nitrogens is 1. The smallest absolute Gasteiger partial charge is 0.251 e. The largest absolute Gasteiger partial charge is 0.489 e. The molecule has 1 aliphatic heterocycles. The summed E-state index contributed by atoms with van der Waals surface area (Å²) >= 11 is 0. The molecule has 0 spiro atoms. The summed E-state index contributed by atoms with van der Waals surface area (Å²) in [7, 11) is 0. The lowest BCUT2D eigenvalue weighted by Gasteiger charge is -2.32. The van der Waals surface area contributed by atoms with E-state index in [1.807, 2.05) is 36.4 Å². The van der Waals surface area contributed by atoms with E-state index in [1.54, 1.807) is 0 Å². The van der Waals surface area contributed by atoms with Crippen LogP contribution in [0.4, 0.5) is 0 Å². The van der Waals surface area contributed by atoms with Gasteiger partial charge in [0.2, 0.25) is 0 Å². The lowest BCUT2D eigenvalue weighted by Crippen LogP contribution is -2.34. The van der Waals surface area contributed by atoms with Crippen molar-refractivity contribution >= 4 is 10.9 Å². The Morgan fingerprint density at radius 2 is 1.56 bits per heavy atom. The predicted molar refractivity (Wildman–Crippen MR) is 129 cm³/mol. The maximum atomic E-state index is 12.6. The molecule has 4 aromatic rings. The fraction of sp³-hybridized carbons (Fsp3) is 0.250. The van der Waals surface area contributed by atoms with Crippen molar-refractivity contribution in [2.24, 2.45) is 0 Å². The van der Waals surface area contributed by atoms with Crippen LogP contribution in [0.25, 0.3) is 10.9 Å². The molecule has 1 saturated heterocycles. The number of aromatic nitrogens is 1. The van der Waals surface area contributed by atoms with E-state index < -0.39 is 0 Å². The lowest BCUT2D eigenvalue weighted by atomic mass is 9.89. The van der Waals surface area contributed by atoms with Gasteiger partial charge in [0.05, 0.1) is 0 Å². The number of nitrogens with zero attached hydrogens (tertiary/aromatic N) is 1. The van der Waals surface area contributed by atoms with Gasteiger partial charge in [-0.15, -0.1) is 0 Å². The first kappa shape index (κ1) is 20.5. The highest BCUT2D eigenvalue weighted by Gasteiger charge is 2.23. The topological polar surface area (TPSA) is 45.3 Å². The van der Waals surface area contributed by atoms with Crippen LogP contribution in [0.15, 0.2) is 89.7 Å². The summed E-state index contributed by atoms with van der Waals surface area (Å²) in [5.41, 5.74) is 4.37. The van der Waals surface area contributed by atoms with E-state index in [1.165, 1.54) is 11.1 Å². The number of para-hydroxylation sites is 1. The highest BCUT2D eigenvalue weighted by atomic mass is 16.5. The number of benzene rings is 3. The Morgan fingerprint density at radius 1 is 0.844 bits per heavy atom. The standard InChI is InChI=1S/C28H28N2O2/c31-28-26(18-24-8-4-5-9-27(24)29-28)23-14-16-30(17-15-23)19-21-10-12-25(13-11-21)32-20-22-6-2-1-3-7-22/h1-13,18,23H,14-17,19-20H2,(H,29,31). The zero-order chi connectivity index (χ0) is 21.8. The van der Waals surface area contributed by atoms with Gasteiger partial charge in [0.25, 0.3) is 5.56 Å². The zero-order valence-electron chi connectivity index (χ0n) is 18.2. The summed E-state index contributed by atoms with van der Waals surface area (Å²) in [4.78, 5) is 18.1. The number of likely N-dealkylation sites (tertiary alicyclic amines) is 1. The van der Waals surface area contributed by atoms with Gasteiger partial charge in [0.1, 0.15) is 12.4 Å². The van der Waals surface area contributed by atoms with Gasteiger partial charge in [-0.1, -0.05) is 60.7 Å². The van der Waals surface area contributed by atoms with Crippen LogP contribution in [-0.2, 0) is 13.2 Å². The molecule has 0 bridgehead atoms. The number of hydrogen-bond acceptors (Lipinski definition) is 3. The summed E-state index contributed by atoms with van der Waals surface area (Å²) in [6.45, 7) is 3.52. The molecule has 0 radical (unpaired) electrons. The normalized spacial score (nSPS) is 15.1. The number of hydrogen-bond donors (Lipinski definition) is 1. The van der Waals surface area contributed by atoms with Gasteiger partial charge in [-0.05, 0) is 72.6 Å². The van der Waals surface area contributed by atoms with Crippen molar-refractivity contribution < 1.29 is 4.74 Å². The van der Waals surface area contributed by atoms with Gasteiger partial charge in [0.15, 0.2) is 0 Å². The molecule has 0 amide bonds. The summed E-state index contributed by atoms with van der Waals surface area (Å²) in [6, 6.07) is 28.7. The van der Waals surface area contributed by atoms with Crippen LogP contribution in [0, 0.1) is 0 Å². The van der Waals surface area contributed by atoms with E-state index >= 15 is 0 Å². The van der Waals surface area contributed by atoms with Gasteiger partial charge in [-0.2, -0.15) is 0 Å². The van der Waals surface area contributed by atoms with E-state index in [-0.39, 0.29) is 5.56 Å². The van der Waals surface area contributed by atoms with E-state index in [2.05, 4.69) is 58.4 Å². The van der Waals surface area contributed by atoms with Crippen molar-refractivity contribution in [2.45, 2.75) is 31.9 Å². The first-order valence-corrected chi connectivity index (χ1v) is 11.3. The number of pyridine rings is 1. The van der Waals surface area contributed by atoms with Gasteiger partial charge in [0, 0.05) is 17.6 Å². The van der Waals surface area contributed by atoms with Crippen molar-refractivity contribution in [2.75, 3.05) is 13.1 Å². The second kappa shape index (κ2) is 9.41. The first-order chi connectivity index (χ1) is 15.7. The Labute approximate surface area is 188 Å². The monoisotopic (exact) mass is 424 g/mol. The molecule has 32 heavy (non-hydrogen) atoms. The number of nitrogens with one attached hydrogen (secondary N) is 1. The lowest BCUT2D eigenvalue weighted by molar-refractivity contribution is 0.204. The predicted octanol–water partition coefficient (Wildman–Crippen LogP) is 5.49. The van der Waals surface area contributed by atoms with Crippen molar-refractivity contribution in [3.8, 4) is 5.75 Å². The second-order valence-corrected chi connectivity index (χ2v) is 8.61. The maximum Gasteiger partial charge on any atom is 0.251 e. The van der Waals surface area contributed by atoms with Crippen molar-refractivity contribution in [1.29, 1.82) is 0 Å². The number of rotatable bonds is 6. The minimum atomic E-state index is 0.0632. The molecular weight excluding hydrogens is 396 g/mol. The molecule has 0 unspecified atom stereocenters. The molecule has 0 aliphatic carbocycles. The molecule has 4 nitrogen and oxygen atoms in total.